The number of rotatable bonds is 7. The first kappa shape index (κ1) is 17.2. The van der Waals surface area contributed by atoms with E-state index >= 15 is 0 Å². The number of nitrogens with one attached hydrogen (secondary N) is 2. The summed E-state index contributed by atoms with van der Waals surface area (Å²) < 4.78 is 6.39. The Kier molecular flexibility index (Phi) is 7.15. The van der Waals surface area contributed by atoms with E-state index in [2.05, 4.69) is 37.5 Å². The van der Waals surface area contributed by atoms with Crippen LogP contribution in [0.4, 0.5) is 5.69 Å². The van der Waals surface area contributed by atoms with Crippen molar-refractivity contribution < 1.29 is 9.53 Å². The van der Waals surface area contributed by atoms with Crippen LogP contribution < -0.4 is 10.6 Å². The van der Waals surface area contributed by atoms with Gasteiger partial charge in [0.25, 0.3) is 0 Å². The summed E-state index contributed by atoms with van der Waals surface area (Å²) in [5, 5.41) is 6.24. The molecule has 1 heterocycles. The third-order valence-corrected chi connectivity index (χ3v) is 4.58. The number of carbonyl (C=O) groups excluding carboxylic acids is 1. The molecule has 1 saturated heterocycles. The molecule has 1 aliphatic rings. The number of ether oxygens (including phenoxy) is 1. The molecule has 1 aliphatic heterocycles. The van der Waals surface area contributed by atoms with E-state index in [0.29, 0.717) is 19.5 Å². The predicted molar refractivity (Wildman–Crippen MR) is 92.3 cm³/mol. The Labute approximate surface area is 140 Å². The van der Waals surface area contributed by atoms with Crippen LogP contribution in [0.15, 0.2) is 22.7 Å². The molecule has 2 N–H and O–H groups in total. The molecule has 22 heavy (non-hydrogen) atoms. The summed E-state index contributed by atoms with van der Waals surface area (Å²) in [5.41, 5.74) is 2.22. The van der Waals surface area contributed by atoms with E-state index in [1.807, 2.05) is 19.1 Å². The van der Waals surface area contributed by atoms with Crippen LogP contribution in [0, 0.1) is 6.92 Å². The molecular weight excluding hydrogens is 346 g/mol. The molecule has 0 spiro atoms. The van der Waals surface area contributed by atoms with Gasteiger partial charge in [-0.05, 0) is 30.7 Å². The molecule has 0 saturated carbocycles. The molecule has 1 aromatic carbocycles. The first-order valence-corrected chi connectivity index (χ1v) is 8.51. The number of hydrogen-bond acceptors (Lipinski definition) is 4. The average molecular weight is 370 g/mol. The summed E-state index contributed by atoms with van der Waals surface area (Å²) >= 11 is 3.48. The van der Waals surface area contributed by atoms with Gasteiger partial charge in [-0.2, -0.15) is 0 Å². The smallest absolute Gasteiger partial charge is 0.221 e. The lowest BCUT2D eigenvalue weighted by Gasteiger charge is -2.26. The summed E-state index contributed by atoms with van der Waals surface area (Å²) in [6, 6.07) is 6.09. The highest BCUT2D eigenvalue weighted by Gasteiger charge is 2.10. The number of morpholine rings is 1. The van der Waals surface area contributed by atoms with Gasteiger partial charge in [0.1, 0.15) is 0 Å². The second-order valence-electron chi connectivity index (χ2n) is 5.44. The topological polar surface area (TPSA) is 53.6 Å². The van der Waals surface area contributed by atoms with E-state index in [9.17, 15) is 4.79 Å². The fourth-order valence-corrected chi connectivity index (χ4v) is 2.59. The molecule has 0 unspecified atom stereocenters. The third-order valence-electron chi connectivity index (χ3n) is 3.69. The summed E-state index contributed by atoms with van der Waals surface area (Å²) in [4.78, 5) is 14.1. The first-order valence-electron chi connectivity index (χ1n) is 7.72. The Morgan fingerprint density at radius 1 is 1.32 bits per heavy atom. The summed E-state index contributed by atoms with van der Waals surface area (Å²) in [6.45, 7) is 7.80. The Morgan fingerprint density at radius 3 is 2.82 bits per heavy atom. The summed E-state index contributed by atoms with van der Waals surface area (Å²) in [5.74, 6) is 0.0922. The van der Waals surface area contributed by atoms with Crippen molar-refractivity contribution in [3.8, 4) is 0 Å². The number of hydrogen-bond donors (Lipinski definition) is 2. The standard InChI is InChI=1S/C16H24BrN3O2/c1-13-12-14(2-3-15(13)17)18-5-4-16(21)19-6-7-20-8-10-22-11-9-20/h2-3,12,18H,4-11H2,1H3,(H,19,21). The number of halogens is 1. The average Bonchev–Trinajstić information content (AvgIpc) is 2.52. The van der Waals surface area contributed by atoms with Crippen molar-refractivity contribution in [2.75, 3.05) is 51.3 Å². The van der Waals surface area contributed by atoms with Crippen LogP contribution in [0.1, 0.15) is 12.0 Å². The van der Waals surface area contributed by atoms with E-state index in [1.54, 1.807) is 0 Å². The fourth-order valence-electron chi connectivity index (χ4n) is 2.34. The van der Waals surface area contributed by atoms with Gasteiger partial charge in [0, 0.05) is 49.3 Å². The van der Waals surface area contributed by atoms with Crippen molar-refractivity contribution in [1.82, 2.24) is 10.2 Å². The molecule has 0 bridgehead atoms. The molecule has 0 atom stereocenters. The lowest BCUT2D eigenvalue weighted by atomic mass is 10.2. The van der Waals surface area contributed by atoms with E-state index in [-0.39, 0.29) is 5.91 Å². The SMILES string of the molecule is Cc1cc(NCCC(=O)NCCN2CCOCC2)ccc1Br. The molecule has 0 aliphatic carbocycles. The van der Waals surface area contributed by atoms with E-state index in [0.717, 1.165) is 43.0 Å². The van der Waals surface area contributed by atoms with Crippen molar-refractivity contribution in [2.45, 2.75) is 13.3 Å². The molecule has 1 aromatic rings. The molecule has 1 fully saturated rings. The van der Waals surface area contributed by atoms with Gasteiger partial charge in [-0.15, -0.1) is 0 Å². The van der Waals surface area contributed by atoms with Gasteiger partial charge >= 0.3 is 0 Å². The maximum atomic E-state index is 11.8. The van der Waals surface area contributed by atoms with E-state index in [4.69, 9.17) is 4.74 Å². The van der Waals surface area contributed by atoms with Gasteiger partial charge in [-0.1, -0.05) is 15.9 Å². The maximum absolute atomic E-state index is 11.8. The second kappa shape index (κ2) is 9.12. The molecule has 1 amide bonds. The van der Waals surface area contributed by atoms with Gasteiger partial charge < -0.3 is 15.4 Å². The molecule has 122 valence electrons. The van der Waals surface area contributed by atoms with Gasteiger partial charge in [-0.3, -0.25) is 9.69 Å². The first-order chi connectivity index (χ1) is 10.6. The minimum Gasteiger partial charge on any atom is -0.385 e. The van der Waals surface area contributed by atoms with Crippen molar-refractivity contribution in [1.29, 1.82) is 0 Å². The van der Waals surface area contributed by atoms with E-state index in [1.165, 1.54) is 5.56 Å². The third kappa shape index (κ3) is 5.94. The molecular formula is C16H24BrN3O2. The zero-order valence-corrected chi connectivity index (χ0v) is 14.6. The Hall–Kier alpha value is -1.11. The van der Waals surface area contributed by atoms with Gasteiger partial charge in [-0.25, -0.2) is 0 Å². The number of amides is 1. The maximum Gasteiger partial charge on any atom is 0.221 e. The fraction of sp³-hybridized carbons (Fsp3) is 0.562. The van der Waals surface area contributed by atoms with Crippen molar-refractivity contribution in [2.24, 2.45) is 0 Å². The van der Waals surface area contributed by atoms with Crippen molar-refractivity contribution in [3.05, 3.63) is 28.2 Å². The number of carbonyl (C=O) groups is 1. The largest absolute Gasteiger partial charge is 0.385 e. The van der Waals surface area contributed by atoms with Crippen LogP contribution in [0.3, 0.4) is 0 Å². The lowest BCUT2D eigenvalue weighted by molar-refractivity contribution is -0.120. The molecule has 0 aromatic heterocycles. The normalized spacial score (nSPS) is 15.5. The summed E-state index contributed by atoms with van der Waals surface area (Å²) in [6.07, 6.45) is 0.484. The van der Waals surface area contributed by atoms with Crippen LogP contribution in [-0.4, -0.2) is 56.7 Å². The molecule has 2 rings (SSSR count). The number of anilines is 1. The molecule has 5 nitrogen and oxygen atoms in total. The summed E-state index contributed by atoms with van der Waals surface area (Å²) in [7, 11) is 0. The Bertz CT molecular complexity index is 490. The quantitative estimate of drug-likeness (QED) is 0.771. The lowest BCUT2D eigenvalue weighted by Crippen LogP contribution is -2.41. The predicted octanol–water partition coefficient (Wildman–Crippen LogP) is 2.01. The van der Waals surface area contributed by atoms with Crippen molar-refractivity contribution >= 4 is 27.5 Å². The highest BCUT2D eigenvalue weighted by molar-refractivity contribution is 9.10. The molecule has 6 heteroatoms. The minimum atomic E-state index is 0.0922. The Balaban J connectivity index is 1.58. The van der Waals surface area contributed by atoms with Gasteiger partial charge in [0.05, 0.1) is 13.2 Å². The number of benzene rings is 1. The van der Waals surface area contributed by atoms with Crippen LogP contribution >= 0.6 is 15.9 Å². The number of aryl methyl sites for hydroxylation is 1. The highest BCUT2D eigenvalue weighted by Crippen LogP contribution is 2.19. The van der Waals surface area contributed by atoms with E-state index < -0.39 is 0 Å². The minimum absolute atomic E-state index is 0.0922. The number of nitrogens with zero attached hydrogens (tertiary/aromatic N) is 1. The van der Waals surface area contributed by atoms with Crippen molar-refractivity contribution in [3.63, 3.8) is 0 Å². The van der Waals surface area contributed by atoms with Crippen LogP contribution in [0.25, 0.3) is 0 Å². The highest BCUT2D eigenvalue weighted by atomic mass is 79.9. The zero-order chi connectivity index (χ0) is 15.8. The van der Waals surface area contributed by atoms with Crippen LogP contribution in [0.5, 0.6) is 0 Å². The van der Waals surface area contributed by atoms with Gasteiger partial charge in [0.2, 0.25) is 5.91 Å². The molecule has 0 radical (unpaired) electrons. The monoisotopic (exact) mass is 369 g/mol. The second-order valence-corrected chi connectivity index (χ2v) is 6.30. The van der Waals surface area contributed by atoms with Crippen LogP contribution in [-0.2, 0) is 9.53 Å². The zero-order valence-electron chi connectivity index (χ0n) is 13.0. The van der Waals surface area contributed by atoms with Gasteiger partial charge in [0.15, 0.2) is 0 Å². The Morgan fingerprint density at radius 2 is 2.09 bits per heavy atom. The van der Waals surface area contributed by atoms with Crippen LogP contribution in [0.2, 0.25) is 0 Å².